The number of ether oxygens (including phenoxy) is 1. The number of aromatic nitrogens is 2. The van der Waals surface area contributed by atoms with Crippen LogP contribution in [0.2, 0.25) is 0 Å². The highest BCUT2D eigenvalue weighted by Gasteiger charge is 2.14. The predicted molar refractivity (Wildman–Crippen MR) is 63.3 cm³/mol. The average molecular weight is 223 g/mol. The number of imidazole rings is 1. The Labute approximate surface area is 97.0 Å². The fraction of sp³-hybridized carbons (Fsp3) is 0.750. The molecule has 1 fully saturated rings. The van der Waals surface area contributed by atoms with Gasteiger partial charge in [0.2, 0.25) is 0 Å². The van der Waals surface area contributed by atoms with Crippen LogP contribution in [0.1, 0.15) is 26.2 Å². The Kier molecular flexibility index (Phi) is 4.36. The van der Waals surface area contributed by atoms with Gasteiger partial charge in [-0.2, -0.15) is 0 Å². The van der Waals surface area contributed by atoms with Crippen molar-refractivity contribution in [3.8, 4) is 0 Å². The molecule has 4 heteroatoms. The van der Waals surface area contributed by atoms with Crippen molar-refractivity contribution in [3.63, 3.8) is 0 Å². The molecule has 0 aromatic carbocycles. The summed E-state index contributed by atoms with van der Waals surface area (Å²) in [4.78, 5) is 4.05. The Bertz CT molecular complexity index is 278. The van der Waals surface area contributed by atoms with Gasteiger partial charge in [0.15, 0.2) is 0 Å². The van der Waals surface area contributed by atoms with Crippen molar-refractivity contribution >= 4 is 0 Å². The standard InChI is InChI=1S/C12H21N3O/c1-11(9-15-6-5-13-10-15)14-12-3-2-7-16-8-4-12/h5-6,10-12,14H,2-4,7-9H2,1H3. The highest BCUT2D eigenvalue weighted by atomic mass is 16.5. The van der Waals surface area contributed by atoms with E-state index in [4.69, 9.17) is 4.74 Å². The van der Waals surface area contributed by atoms with Crippen LogP contribution in [0.4, 0.5) is 0 Å². The summed E-state index contributed by atoms with van der Waals surface area (Å²) >= 11 is 0. The van der Waals surface area contributed by atoms with E-state index in [1.54, 1.807) is 0 Å². The van der Waals surface area contributed by atoms with Gasteiger partial charge < -0.3 is 14.6 Å². The van der Waals surface area contributed by atoms with Crippen LogP contribution in [-0.4, -0.2) is 34.8 Å². The highest BCUT2D eigenvalue weighted by Crippen LogP contribution is 2.09. The van der Waals surface area contributed by atoms with Crippen LogP contribution in [-0.2, 0) is 11.3 Å². The first-order valence-corrected chi connectivity index (χ1v) is 6.14. The topological polar surface area (TPSA) is 39.1 Å². The summed E-state index contributed by atoms with van der Waals surface area (Å²) in [5.74, 6) is 0. The number of nitrogens with zero attached hydrogens (tertiary/aromatic N) is 2. The molecule has 2 unspecified atom stereocenters. The highest BCUT2D eigenvalue weighted by molar-refractivity contribution is 4.79. The zero-order valence-corrected chi connectivity index (χ0v) is 9.93. The van der Waals surface area contributed by atoms with Gasteiger partial charge in [-0.3, -0.25) is 0 Å². The second-order valence-electron chi connectivity index (χ2n) is 4.57. The van der Waals surface area contributed by atoms with Gasteiger partial charge in [-0.15, -0.1) is 0 Å². The summed E-state index contributed by atoms with van der Waals surface area (Å²) in [6.07, 6.45) is 9.24. The second kappa shape index (κ2) is 6.01. The third-order valence-electron chi connectivity index (χ3n) is 3.02. The quantitative estimate of drug-likeness (QED) is 0.839. The summed E-state index contributed by atoms with van der Waals surface area (Å²) in [5, 5.41) is 3.67. The Morgan fingerprint density at radius 3 is 3.25 bits per heavy atom. The van der Waals surface area contributed by atoms with Gasteiger partial charge in [-0.05, 0) is 26.2 Å². The van der Waals surface area contributed by atoms with Gasteiger partial charge in [0.25, 0.3) is 0 Å². The molecule has 0 amide bonds. The largest absolute Gasteiger partial charge is 0.381 e. The number of hydrogen-bond donors (Lipinski definition) is 1. The molecule has 1 aliphatic rings. The molecule has 2 rings (SSSR count). The molecular formula is C12H21N3O. The molecule has 4 nitrogen and oxygen atoms in total. The van der Waals surface area contributed by atoms with Crippen LogP contribution in [0.5, 0.6) is 0 Å². The van der Waals surface area contributed by atoms with E-state index in [0.29, 0.717) is 12.1 Å². The minimum absolute atomic E-state index is 0.484. The summed E-state index contributed by atoms with van der Waals surface area (Å²) in [6, 6.07) is 1.10. The summed E-state index contributed by atoms with van der Waals surface area (Å²) < 4.78 is 7.57. The molecule has 90 valence electrons. The van der Waals surface area contributed by atoms with Crippen LogP contribution >= 0.6 is 0 Å². The molecule has 2 heterocycles. The van der Waals surface area contributed by atoms with Crippen LogP contribution in [0.3, 0.4) is 0 Å². The summed E-state index contributed by atoms with van der Waals surface area (Å²) in [6.45, 7) is 5.03. The van der Waals surface area contributed by atoms with Gasteiger partial charge in [0, 0.05) is 44.2 Å². The molecule has 16 heavy (non-hydrogen) atoms. The molecule has 0 spiro atoms. The van der Waals surface area contributed by atoms with Gasteiger partial charge in [-0.1, -0.05) is 0 Å². The lowest BCUT2D eigenvalue weighted by atomic mass is 10.1. The SMILES string of the molecule is CC(Cn1ccnc1)NC1CCCOCC1. The number of hydrogen-bond acceptors (Lipinski definition) is 3. The lowest BCUT2D eigenvalue weighted by Crippen LogP contribution is -2.39. The van der Waals surface area contributed by atoms with Crippen molar-refractivity contribution in [1.82, 2.24) is 14.9 Å². The minimum atomic E-state index is 0.484. The smallest absolute Gasteiger partial charge is 0.0946 e. The zero-order valence-electron chi connectivity index (χ0n) is 9.93. The molecular weight excluding hydrogens is 202 g/mol. The van der Waals surface area contributed by atoms with Gasteiger partial charge in [0.05, 0.1) is 6.33 Å². The normalized spacial score (nSPS) is 23.9. The summed E-state index contributed by atoms with van der Waals surface area (Å²) in [5.41, 5.74) is 0. The minimum Gasteiger partial charge on any atom is -0.381 e. The molecule has 2 atom stereocenters. The molecule has 0 saturated carbocycles. The number of rotatable bonds is 4. The zero-order chi connectivity index (χ0) is 11.2. The van der Waals surface area contributed by atoms with Crippen molar-refractivity contribution in [3.05, 3.63) is 18.7 Å². The van der Waals surface area contributed by atoms with Crippen molar-refractivity contribution in [1.29, 1.82) is 0 Å². The molecule has 0 bridgehead atoms. The fourth-order valence-electron chi connectivity index (χ4n) is 2.24. The van der Waals surface area contributed by atoms with E-state index in [1.807, 2.05) is 18.7 Å². The van der Waals surface area contributed by atoms with Gasteiger partial charge in [0.1, 0.15) is 0 Å². The monoisotopic (exact) mass is 223 g/mol. The molecule has 1 aliphatic heterocycles. The van der Waals surface area contributed by atoms with Crippen LogP contribution in [0, 0.1) is 0 Å². The van der Waals surface area contributed by atoms with Crippen LogP contribution < -0.4 is 5.32 Å². The van der Waals surface area contributed by atoms with E-state index in [1.165, 1.54) is 12.8 Å². The molecule has 0 aliphatic carbocycles. The van der Waals surface area contributed by atoms with E-state index in [0.717, 1.165) is 26.2 Å². The Hall–Kier alpha value is -0.870. The van der Waals surface area contributed by atoms with E-state index in [9.17, 15) is 0 Å². The molecule has 1 aromatic rings. The van der Waals surface area contributed by atoms with Crippen molar-refractivity contribution in [2.75, 3.05) is 13.2 Å². The number of nitrogens with one attached hydrogen (secondary N) is 1. The van der Waals surface area contributed by atoms with Crippen LogP contribution in [0.15, 0.2) is 18.7 Å². The van der Waals surface area contributed by atoms with Crippen molar-refractivity contribution in [2.24, 2.45) is 0 Å². The Morgan fingerprint density at radius 2 is 2.44 bits per heavy atom. The Morgan fingerprint density at radius 1 is 1.50 bits per heavy atom. The fourth-order valence-corrected chi connectivity index (χ4v) is 2.24. The Balaban J connectivity index is 1.75. The maximum Gasteiger partial charge on any atom is 0.0946 e. The maximum atomic E-state index is 5.46. The van der Waals surface area contributed by atoms with Crippen LogP contribution in [0.25, 0.3) is 0 Å². The summed E-state index contributed by atoms with van der Waals surface area (Å²) in [7, 11) is 0. The first-order valence-electron chi connectivity index (χ1n) is 6.14. The van der Waals surface area contributed by atoms with E-state index in [2.05, 4.69) is 21.8 Å². The predicted octanol–water partition coefficient (Wildman–Crippen LogP) is 1.43. The second-order valence-corrected chi connectivity index (χ2v) is 4.57. The van der Waals surface area contributed by atoms with E-state index < -0.39 is 0 Å². The first kappa shape index (κ1) is 11.6. The van der Waals surface area contributed by atoms with E-state index in [-0.39, 0.29) is 0 Å². The maximum absolute atomic E-state index is 5.46. The van der Waals surface area contributed by atoms with Gasteiger partial charge >= 0.3 is 0 Å². The van der Waals surface area contributed by atoms with Gasteiger partial charge in [-0.25, -0.2) is 4.98 Å². The van der Waals surface area contributed by atoms with Crippen molar-refractivity contribution in [2.45, 2.75) is 44.8 Å². The lowest BCUT2D eigenvalue weighted by molar-refractivity contribution is 0.142. The lowest BCUT2D eigenvalue weighted by Gasteiger charge is -2.21. The third kappa shape index (κ3) is 3.61. The van der Waals surface area contributed by atoms with E-state index >= 15 is 0 Å². The first-order chi connectivity index (χ1) is 7.84. The average Bonchev–Trinajstić information content (AvgIpc) is 2.62. The molecule has 1 N–H and O–H groups in total. The molecule has 1 saturated heterocycles. The van der Waals surface area contributed by atoms with Crippen molar-refractivity contribution < 1.29 is 4.74 Å². The molecule has 0 radical (unpaired) electrons. The third-order valence-corrected chi connectivity index (χ3v) is 3.02. The molecule has 1 aromatic heterocycles.